The standard InChI is InChI=1S/C19H28N2O/c1-17(2)10-15-11-18(3,12-17)13-21(15)16(22)19(4,20)14-8-6-5-7-9-14/h5-9,15H,10-13,20H2,1-4H3. The van der Waals surface area contributed by atoms with Gasteiger partial charge in [0, 0.05) is 12.6 Å². The molecule has 2 aliphatic rings. The summed E-state index contributed by atoms with van der Waals surface area (Å²) in [7, 11) is 0. The second-order valence-electron chi connectivity index (χ2n) is 8.72. The Morgan fingerprint density at radius 3 is 2.50 bits per heavy atom. The van der Waals surface area contributed by atoms with Gasteiger partial charge in [0.05, 0.1) is 0 Å². The number of carbonyl (C=O) groups excluding carboxylic acids is 1. The van der Waals surface area contributed by atoms with Crippen molar-refractivity contribution in [3.63, 3.8) is 0 Å². The van der Waals surface area contributed by atoms with Gasteiger partial charge in [0.2, 0.25) is 5.91 Å². The summed E-state index contributed by atoms with van der Waals surface area (Å²) >= 11 is 0. The van der Waals surface area contributed by atoms with Crippen molar-refractivity contribution >= 4 is 5.91 Å². The van der Waals surface area contributed by atoms with Crippen LogP contribution in [0, 0.1) is 10.8 Å². The zero-order chi connectivity index (χ0) is 16.2. The average Bonchev–Trinajstić information content (AvgIpc) is 2.68. The van der Waals surface area contributed by atoms with Crippen LogP contribution >= 0.6 is 0 Å². The van der Waals surface area contributed by atoms with Crippen molar-refractivity contribution in [3.8, 4) is 0 Å². The molecular formula is C19H28N2O. The molecule has 1 aromatic rings. The third kappa shape index (κ3) is 2.56. The van der Waals surface area contributed by atoms with E-state index in [1.807, 2.05) is 37.3 Å². The zero-order valence-electron chi connectivity index (χ0n) is 14.2. The summed E-state index contributed by atoms with van der Waals surface area (Å²) in [6.45, 7) is 9.67. The van der Waals surface area contributed by atoms with Crippen LogP contribution in [0.25, 0.3) is 0 Å². The van der Waals surface area contributed by atoms with Crippen LogP contribution in [0.15, 0.2) is 30.3 Å². The van der Waals surface area contributed by atoms with Crippen LogP contribution in [0.3, 0.4) is 0 Å². The molecule has 2 bridgehead atoms. The molecule has 22 heavy (non-hydrogen) atoms. The van der Waals surface area contributed by atoms with Gasteiger partial charge in [-0.1, -0.05) is 51.1 Å². The number of benzene rings is 1. The topological polar surface area (TPSA) is 46.3 Å². The predicted octanol–water partition coefficient (Wildman–Crippen LogP) is 3.29. The van der Waals surface area contributed by atoms with E-state index < -0.39 is 5.54 Å². The van der Waals surface area contributed by atoms with E-state index in [-0.39, 0.29) is 11.3 Å². The minimum atomic E-state index is -0.945. The monoisotopic (exact) mass is 300 g/mol. The lowest BCUT2D eigenvalue weighted by atomic mass is 9.65. The third-order valence-electron chi connectivity index (χ3n) is 5.49. The molecule has 0 spiro atoms. The van der Waals surface area contributed by atoms with E-state index >= 15 is 0 Å². The molecule has 1 aromatic carbocycles. The molecule has 1 heterocycles. The van der Waals surface area contributed by atoms with Crippen molar-refractivity contribution in [3.05, 3.63) is 35.9 Å². The molecule has 1 aliphatic heterocycles. The van der Waals surface area contributed by atoms with E-state index in [2.05, 4.69) is 25.7 Å². The van der Waals surface area contributed by atoms with Crippen molar-refractivity contribution < 1.29 is 4.79 Å². The average molecular weight is 300 g/mol. The fraction of sp³-hybridized carbons (Fsp3) is 0.632. The van der Waals surface area contributed by atoms with Crippen LogP contribution in [0.5, 0.6) is 0 Å². The highest BCUT2D eigenvalue weighted by Gasteiger charge is 2.53. The van der Waals surface area contributed by atoms with E-state index in [4.69, 9.17) is 5.73 Å². The number of hydrogen-bond donors (Lipinski definition) is 1. The first-order chi connectivity index (χ1) is 10.1. The molecule has 1 saturated carbocycles. The molecule has 2 fully saturated rings. The first kappa shape index (κ1) is 15.5. The maximum Gasteiger partial charge on any atom is 0.247 e. The van der Waals surface area contributed by atoms with E-state index in [0.29, 0.717) is 11.5 Å². The number of carbonyl (C=O) groups is 1. The number of hydrogen-bond acceptors (Lipinski definition) is 2. The fourth-order valence-electron chi connectivity index (χ4n) is 4.90. The molecule has 3 heteroatoms. The van der Waals surface area contributed by atoms with Crippen LogP contribution in [-0.2, 0) is 10.3 Å². The Morgan fingerprint density at radius 1 is 1.23 bits per heavy atom. The number of likely N-dealkylation sites (tertiary alicyclic amines) is 1. The van der Waals surface area contributed by atoms with Gasteiger partial charge < -0.3 is 10.6 Å². The van der Waals surface area contributed by atoms with Crippen LogP contribution < -0.4 is 5.73 Å². The molecule has 3 rings (SSSR count). The number of fused-ring (bicyclic) bond motifs is 2. The highest BCUT2D eigenvalue weighted by atomic mass is 16.2. The molecule has 3 nitrogen and oxygen atoms in total. The number of amides is 1. The Balaban J connectivity index is 1.87. The summed E-state index contributed by atoms with van der Waals surface area (Å²) in [6, 6.07) is 10.1. The lowest BCUT2D eigenvalue weighted by Crippen LogP contribution is -2.52. The van der Waals surface area contributed by atoms with Crippen LogP contribution in [0.4, 0.5) is 0 Å². The maximum absolute atomic E-state index is 13.2. The highest BCUT2D eigenvalue weighted by molar-refractivity contribution is 5.87. The molecule has 3 unspecified atom stereocenters. The molecule has 2 N–H and O–H groups in total. The number of nitrogens with zero attached hydrogens (tertiary/aromatic N) is 1. The first-order valence-corrected chi connectivity index (χ1v) is 8.29. The summed E-state index contributed by atoms with van der Waals surface area (Å²) in [6.07, 6.45) is 3.39. The summed E-state index contributed by atoms with van der Waals surface area (Å²) in [5.74, 6) is 0.0742. The molecule has 0 aromatic heterocycles. The van der Waals surface area contributed by atoms with E-state index in [1.165, 1.54) is 6.42 Å². The molecule has 1 amide bonds. The van der Waals surface area contributed by atoms with Gasteiger partial charge in [-0.3, -0.25) is 4.79 Å². The summed E-state index contributed by atoms with van der Waals surface area (Å²) < 4.78 is 0. The molecule has 1 saturated heterocycles. The Bertz CT molecular complexity index is 578. The normalized spacial score (nSPS) is 32.6. The number of rotatable bonds is 2. The third-order valence-corrected chi connectivity index (χ3v) is 5.49. The van der Waals surface area contributed by atoms with E-state index in [0.717, 1.165) is 24.9 Å². The van der Waals surface area contributed by atoms with Crippen LogP contribution in [-0.4, -0.2) is 23.4 Å². The molecule has 1 aliphatic carbocycles. The van der Waals surface area contributed by atoms with E-state index in [9.17, 15) is 4.79 Å². The second kappa shape index (κ2) is 4.82. The highest BCUT2D eigenvalue weighted by Crippen LogP contribution is 2.53. The van der Waals surface area contributed by atoms with Crippen molar-refractivity contribution in [1.29, 1.82) is 0 Å². The van der Waals surface area contributed by atoms with Gasteiger partial charge in [-0.25, -0.2) is 0 Å². The zero-order valence-corrected chi connectivity index (χ0v) is 14.2. The SMILES string of the molecule is CC1(C)CC2CC(C)(CN2C(=O)C(C)(N)c2ccccc2)C1. The molecule has 120 valence electrons. The van der Waals surface area contributed by atoms with Gasteiger partial charge in [-0.2, -0.15) is 0 Å². The second-order valence-corrected chi connectivity index (χ2v) is 8.72. The smallest absolute Gasteiger partial charge is 0.247 e. The largest absolute Gasteiger partial charge is 0.337 e. The molecule has 3 atom stereocenters. The number of nitrogens with two attached hydrogens (primary N) is 1. The molecule has 0 radical (unpaired) electrons. The van der Waals surface area contributed by atoms with E-state index in [1.54, 1.807) is 0 Å². The van der Waals surface area contributed by atoms with Crippen LogP contribution in [0.1, 0.15) is 52.5 Å². The van der Waals surface area contributed by atoms with Gasteiger partial charge >= 0.3 is 0 Å². The summed E-state index contributed by atoms with van der Waals surface area (Å²) in [5.41, 5.74) is 6.97. The van der Waals surface area contributed by atoms with Gasteiger partial charge in [-0.15, -0.1) is 0 Å². The van der Waals surface area contributed by atoms with Crippen LogP contribution in [0.2, 0.25) is 0 Å². The summed E-state index contributed by atoms with van der Waals surface area (Å²) in [4.78, 5) is 15.2. The Labute approximate surface area is 133 Å². The van der Waals surface area contributed by atoms with Gasteiger partial charge in [0.15, 0.2) is 0 Å². The minimum absolute atomic E-state index is 0.0742. The van der Waals surface area contributed by atoms with Gasteiger partial charge in [-0.05, 0) is 42.6 Å². The quantitative estimate of drug-likeness (QED) is 0.911. The Morgan fingerprint density at radius 2 is 1.86 bits per heavy atom. The Hall–Kier alpha value is -1.35. The van der Waals surface area contributed by atoms with Gasteiger partial charge in [0.1, 0.15) is 5.54 Å². The summed E-state index contributed by atoms with van der Waals surface area (Å²) in [5, 5.41) is 0. The predicted molar refractivity (Wildman–Crippen MR) is 89.2 cm³/mol. The minimum Gasteiger partial charge on any atom is -0.337 e. The Kier molecular flexibility index (Phi) is 3.41. The first-order valence-electron chi connectivity index (χ1n) is 8.29. The fourth-order valence-corrected chi connectivity index (χ4v) is 4.90. The van der Waals surface area contributed by atoms with Crippen molar-refractivity contribution in [2.75, 3.05) is 6.54 Å². The van der Waals surface area contributed by atoms with Crippen molar-refractivity contribution in [2.24, 2.45) is 16.6 Å². The van der Waals surface area contributed by atoms with Crippen molar-refractivity contribution in [1.82, 2.24) is 4.90 Å². The van der Waals surface area contributed by atoms with Gasteiger partial charge in [0.25, 0.3) is 0 Å². The lowest BCUT2D eigenvalue weighted by Gasteiger charge is -2.40. The molecular weight excluding hydrogens is 272 g/mol. The van der Waals surface area contributed by atoms with Crippen molar-refractivity contribution in [2.45, 2.75) is 58.5 Å². The maximum atomic E-state index is 13.2. The lowest BCUT2D eigenvalue weighted by molar-refractivity contribution is -0.138.